The molecular formula is C10H12ClFN2O3. The minimum Gasteiger partial charge on any atom is -0.392 e. The second kappa shape index (κ2) is 5.29. The van der Waals surface area contributed by atoms with Gasteiger partial charge >= 0.3 is 0 Å². The van der Waals surface area contributed by atoms with Gasteiger partial charge in [0.1, 0.15) is 11.5 Å². The number of halogens is 2. The molecule has 0 aliphatic heterocycles. The number of hydrogen-bond donors (Lipinski definition) is 1. The first-order valence-corrected chi connectivity index (χ1v) is 5.23. The summed E-state index contributed by atoms with van der Waals surface area (Å²) in [6, 6.07) is 1.95. The quantitative estimate of drug-likeness (QED) is 0.667. The van der Waals surface area contributed by atoms with Crippen molar-refractivity contribution >= 4 is 23.0 Å². The summed E-state index contributed by atoms with van der Waals surface area (Å²) < 4.78 is 13.1. The molecule has 1 atom stereocenters. The van der Waals surface area contributed by atoms with E-state index in [4.69, 9.17) is 11.6 Å². The highest BCUT2D eigenvalue weighted by Crippen LogP contribution is 2.32. The van der Waals surface area contributed by atoms with E-state index in [9.17, 15) is 19.6 Å². The lowest BCUT2D eigenvalue weighted by atomic mass is 10.2. The first-order chi connectivity index (χ1) is 7.82. The maximum atomic E-state index is 13.1. The minimum absolute atomic E-state index is 0.169. The molecule has 0 amide bonds. The van der Waals surface area contributed by atoms with Crippen molar-refractivity contribution in [2.75, 3.05) is 18.5 Å². The zero-order valence-electron chi connectivity index (χ0n) is 9.35. The molecule has 0 heterocycles. The Labute approximate surface area is 103 Å². The Kier molecular flexibility index (Phi) is 4.25. The standard InChI is InChI=1S/C10H12ClFN2O3/c1-6(15)5-13(2)9-3-7(11)8(12)4-10(9)14(16)17/h3-4,6,15H,5H2,1-2H3. The van der Waals surface area contributed by atoms with Gasteiger partial charge in [-0.05, 0) is 13.0 Å². The molecule has 1 unspecified atom stereocenters. The Morgan fingerprint density at radius 2 is 2.24 bits per heavy atom. The fourth-order valence-corrected chi connectivity index (χ4v) is 1.63. The number of nitro groups is 1. The summed E-state index contributed by atoms with van der Waals surface area (Å²) in [4.78, 5) is 11.5. The molecule has 1 aromatic carbocycles. The smallest absolute Gasteiger partial charge is 0.295 e. The van der Waals surface area contributed by atoms with Crippen LogP contribution >= 0.6 is 11.6 Å². The van der Waals surface area contributed by atoms with Gasteiger partial charge in [-0.25, -0.2) is 4.39 Å². The van der Waals surface area contributed by atoms with E-state index in [0.717, 1.165) is 6.07 Å². The van der Waals surface area contributed by atoms with Gasteiger partial charge in [-0.3, -0.25) is 10.1 Å². The fourth-order valence-electron chi connectivity index (χ4n) is 1.47. The predicted octanol–water partition coefficient (Wildman–Crippen LogP) is 2.20. The molecule has 0 aliphatic rings. The Balaban J connectivity index is 3.20. The first-order valence-electron chi connectivity index (χ1n) is 4.85. The van der Waals surface area contributed by atoms with Crippen molar-refractivity contribution in [1.82, 2.24) is 0 Å². The van der Waals surface area contributed by atoms with Crippen LogP contribution in [0.25, 0.3) is 0 Å². The largest absolute Gasteiger partial charge is 0.392 e. The van der Waals surface area contributed by atoms with Gasteiger partial charge in [-0.15, -0.1) is 0 Å². The summed E-state index contributed by atoms with van der Waals surface area (Å²) in [5.41, 5.74) is -0.211. The van der Waals surface area contributed by atoms with Crippen LogP contribution in [0.5, 0.6) is 0 Å². The van der Waals surface area contributed by atoms with Crippen molar-refractivity contribution in [2.45, 2.75) is 13.0 Å². The Bertz CT molecular complexity index is 440. The van der Waals surface area contributed by atoms with Crippen molar-refractivity contribution in [3.63, 3.8) is 0 Å². The number of anilines is 1. The average molecular weight is 263 g/mol. The van der Waals surface area contributed by atoms with Crippen molar-refractivity contribution in [3.8, 4) is 0 Å². The van der Waals surface area contributed by atoms with Gasteiger partial charge in [0.15, 0.2) is 0 Å². The molecule has 0 saturated carbocycles. The van der Waals surface area contributed by atoms with Gasteiger partial charge in [0.2, 0.25) is 0 Å². The van der Waals surface area contributed by atoms with Crippen LogP contribution in [0.4, 0.5) is 15.8 Å². The minimum atomic E-state index is -0.840. The van der Waals surface area contributed by atoms with Gasteiger partial charge in [0.25, 0.3) is 5.69 Å². The number of aliphatic hydroxyl groups is 1. The third-order valence-corrected chi connectivity index (χ3v) is 2.45. The van der Waals surface area contributed by atoms with E-state index in [1.54, 1.807) is 14.0 Å². The van der Waals surface area contributed by atoms with Crippen molar-refractivity contribution in [2.24, 2.45) is 0 Å². The molecule has 0 aliphatic carbocycles. The fraction of sp³-hybridized carbons (Fsp3) is 0.400. The highest BCUT2D eigenvalue weighted by Gasteiger charge is 2.21. The zero-order valence-corrected chi connectivity index (χ0v) is 10.1. The van der Waals surface area contributed by atoms with Crippen molar-refractivity contribution in [3.05, 3.63) is 33.1 Å². The van der Waals surface area contributed by atoms with Crippen LogP contribution in [0.3, 0.4) is 0 Å². The molecule has 5 nitrogen and oxygen atoms in total. The zero-order chi connectivity index (χ0) is 13.2. The SMILES string of the molecule is CC(O)CN(C)c1cc(Cl)c(F)cc1[N+](=O)[O-]. The van der Waals surface area contributed by atoms with Crippen LogP contribution in [0.2, 0.25) is 5.02 Å². The molecule has 0 saturated heterocycles. The summed E-state index contributed by atoms with van der Waals surface area (Å²) in [5.74, 6) is -0.840. The van der Waals surface area contributed by atoms with E-state index >= 15 is 0 Å². The monoisotopic (exact) mass is 262 g/mol. The highest BCUT2D eigenvalue weighted by atomic mass is 35.5. The van der Waals surface area contributed by atoms with Crippen LogP contribution in [0.1, 0.15) is 6.92 Å². The number of rotatable bonds is 4. The van der Waals surface area contributed by atoms with Gasteiger partial charge in [0.05, 0.1) is 22.1 Å². The normalized spacial score (nSPS) is 12.3. The molecule has 17 heavy (non-hydrogen) atoms. The van der Waals surface area contributed by atoms with Gasteiger partial charge in [-0.2, -0.15) is 0 Å². The van der Waals surface area contributed by atoms with Crippen LogP contribution in [0.15, 0.2) is 12.1 Å². The van der Waals surface area contributed by atoms with E-state index in [0.29, 0.717) is 0 Å². The summed E-state index contributed by atoms with van der Waals surface area (Å²) in [7, 11) is 1.56. The molecule has 1 aromatic rings. The lowest BCUT2D eigenvalue weighted by molar-refractivity contribution is -0.384. The van der Waals surface area contributed by atoms with Crippen LogP contribution in [-0.2, 0) is 0 Å². The van der Waals surface area contributed by atoms with E-state index in [2.05, 4.69) is 0 Å². The molecular weight excluding hydrogens is 251 g/mol. The Hall–Kier alpha value is -1.40. The average Bonchev–Trinajstić information content (AvgIpc) is 2.19. The first kappa shape index (κ1) is 13.7. The third kappa shape index (κ3) is 3.28. The highest BCUT2D eigenvalue weighted by molar-refractivity contribution is 6.31. The van der Waals surface area contributed by atoms with Gasteiger partial charge in [0, 0.05) is 13.6 Å². The number of hydrogen-bond acceptors (Lipinski definition) is 4. The Morgan fingerprint density at radius 1 is 1.65 bits per heavy atom. The molecule has 7 heteroatoms. The summed E-state index contributed by atoms with van der Waals surface area (Å²) in [6.07, 6.45) is -0.663. The number of likely N-dealkylation sites (N-methyl/N-ethyl adjacent to an activating group) is 1. The van der Waals surface area contributed by atoms with E-state index in [-0.39, 0.29) is 22.9 Å². The number of aliphatic hydroxyl groups excluding tert-OH is 1. The second-order valence-corrected chi connectivity index (χ2v) is 4.15. The van der Waals surface area contributed by atoms with Crippen LogP contribution in [-0.4, -0.2) is 29.7 Å². The van der Waals surface area contributed by atoms with Gasteiger partial charge < -0.3 is 10.0 Å². The number of benzene rings is 1. The van der Waals surface area contributed by atoms with E-state index < -0.39 is 16.8 Å². The number of nitro benzene ring substituents is 1. The summed E-state index contributed by atoms with van der Waals surface area (Å²) >= 11 is 5.58. The molecule has 94 valence electrons. The van der Waals surface area contributed by atoms with E-state index in [1.807, 2.05) is 0 Å². The van der Waals surface area contributed by atoms with E-state index in [1.165, 1.54) is 11.0 Å². The van der Waals surface area contributed by atoms with Crippen molar-refractivity contribution in [1.29, 1.82) is 0 Å². The third-order valence-electron chi connectivity index (χ3n) is 2.16. The molecule has 0 radical (unpaired) electrons. The summed E-state index contributed by atoms with van der Waals surface area (Å²) in [6.45, 7) is 1.73. The van der Waals surface area contributed by atoms with Crippen LogP contribution < -0.4 is 4.90 Å². The van der Waals surface area contributed by atoms with Crippen molar-refractivity contribution < 1.29 is 14.4 Å². The summed E-state index contributed by atoms with van der Waals surface area (Å²) in [5, 5.41) is 19.8. The molecule has 0 bridgehead atoms. The molecule has 1 rings (SSSR count). The molecule has 0 aromatic heterocycles. The number of nitrogens with zero attached hydrogens (tertiary/aromatic N) is 2. The second-order valence-electron chi connectivity index (χ2n) is 3.74. The maximum absolute atomic E-state index is 13.1. The topological polar surface area (TPSA) is 66.6 Å². The lowest BCUT2D eigenvalue weighted by Crippen LogP contribution is -2.27. The van der Waals surface area contributed by atoms with Crippen LogP contribution in [0, 0.1) is 15.9 Å². The Morgan fingerprint density at radius 3 is 2.71 bits per heavy atom. The van der Waals surface area contributed by atoms with Gasteiger partial charge in [-0.1, -0.05) is 11.6 Å². The lowest BCUT2D eigenvalue weighted by Gasteiger charge is -2.20. The molecule has 0 spiro atoms. The molecule has 0 fully saturated rings. The molecule has 1 N–H and O–H groups in total. The predicted molar refractivity (Wildman–Crippen MR) is 63.0 cm³/mol. The maximum Gasteiger partial charge on any atom is 0.295 e.